The first-order valence-electron chi connectivity index (χ1n) is 4.60. The van der Waals surface area contributed by atoms with Crippen LogP contribution in [0.4, 0.5) is 5.95 Å². The molecule has 0 aromatic carbocycles. The van der Waals surface area contributed by atoms with Crippen molar-refractivity contribution in [3.05, 3.63) is 24.4 Å². The minimum absolute atomic E-state index is 0.150. The lowest BCUT2D eigenvalue weighted by molar-refractivity contribution is 0.598. The molecular formula is C8H11N5O2S. The third-order valence-electron chi connectivity index (χ3n) is 1.91. The third-order valence-corrected chi connectivity index (χ3v) is 2.68. The lowest BCUT2D eigenvalue weighted by atomic mass is 10.5. The van der Waals surface area contributed by atoms with E-state index in [2.05, 4.69) is 15.4 Å². The van der Waals surface area contributed by atoms with Gasteiger partial charge in [0, 0.05) is 12.7 Å². The lowest BCUT2D eigenvalue weighted by Crippen LogP contribution is -2.22. The van der Waals surface area contributed by atoms with E-state index in [4.69, 9.17) is 5.14 Å². The molecule has 0 aliphatic rings. The summed E-state index contributed by atoms with van der Waals surface area (Å²) < 4.78 is 23.0. The van der Waals surface area contributed by atoms with Crippen molar-refractivity contribution in [3.63, 3.8) is 0 Å². The van der Waals surface area contributed by atoms with Crippen LogP contribution in [0, 0.1) is 0 Å². The molecule has 0 aliphatic heterocycles. The van der Waals surface area contributed by atoms with Crippen LogP contribution in [-0.2, 0) is 10.0 Å². The van der Waals surface area contributed by atoms with E-state index in [0.717, 1.165) is 0 Å². The topological polar surface area (TPSA) is 102 Å². The van der Waals surface area contributed by atoms with Crippen LogP contribution in [0.15, 0.2) is 24.4 Å². The van der Waals surface area contributed by atoms with E-state index < -0.39 is 10.0 Å². The zero-order valence-corrected chi connectivity index (χ0v) is 9.18. The maximum absolute atomic E-state index is 10.7. The Hall–Kier alpha value is -1.67. The van der Waals surface area contributed by atoms with Crippen LogP contribution < -0.4 is 10.5 Å². The number of primary sulfonamides is 1. The molecule has 3 N–H and O–H groups in total. The van der Waals surface area contributed by atoms with Gasteiger partial charge in [-0.3, -0.25) is 0 Å². The summed E-state index contributed by atoms with van der Waals surface area (Å²) in [6.07, 6.45) is 1.76. The molecule has 0 saturated carbocycles. The highest BCUT2D eigenvalue weighted by Crippen LogP contribution is 2.03. The van der Waals surface area contributed by atoms with Crippen molar-refractivity contribution in [1.29, 1.82) is 0 Å². The van der Waals surface area contributed by atoms with Gasteiger partial charge in [0.05, 0.1) is 5.75 Å². The lowest BCUT2D eigenvalue weighted by Gasteiger charge is -1.98. The Morgan fingerprint density at radius 2 is 2.25 bits per heavy atom. The molecule has 2 aromatic heterocycles. The highest BCUT2D eigenvalue weighted by atomic mass is 32.2. The molecule has 0 fully saturated rings. The maximum atomic E-state index is 10.7. The first-order valence-corrected chi connectivity index (χ1v) is 6.32. The van der Waals surface area contributed by atoms with Crippen molar-refractivity contribution in [3.8, 4) is 0 Å². The number of fused-ring (bicyclic) bond motifs is 1. The fourth-order valence-electron chi connectivity index (χ4n) is 1.21. The summed E-state index contributed by atoms with van der Waals surface area (Å²) in [6.45, 7) is 0.190. The van der Waals surface area contributed by atoms with E-state index in [0.29, 0.717) is 11.6 Å². The Balaban J connectivity index is 2.05. The van der Waals surface area contributed by atoms with E-state index in [1.54, 1.807) is 16.8 Å². The van der Waals surface area contributed by atoms with Crippen molar-refractivity contribution >= 4 is 21.6 Å². The van der Waals surface area contributed by atoms with Gasteiger partial charge in [0.15, 0.2) is 5.65 Å². The van der Waals surface area contributed by atoms with E-state index in [1.807, 2.05) is 12.1 Å². The van der Waals surface area contributed by atoms with Crippen molar-refractivity contribution in [2.45, 2.75) is 0 Å². The molecule has 0 radical (unpaired) electrons. The number of rotatable bonds is 4. The number of hydrogen-bond donors (Lipinski definition) is 2. The Morgan fingerprint density at radius 3 is 2.94 bits per heavy atom. The Morgan fingerprint density at radius 1 is 1.44 bits per heavy atom. The van der Waals surface area contributed by atoms with Gasteiger partial charge in [0.2, 0.25) is 16.0 Å². The minimum atomic E-state index is -3.45. The van der Waals surface area contributed by atoms with Crippen LogP contribution in [0.2, 0.25) is 0 Å². The van der Waals surface area contributed by atoms with Crippen molar-refractivity contribution in [1.82, 2.24) is 14.6 Å². The van der Waals surface area contributed by atoms with Gasteiger partial charge in [-0.25, -0.2) is 18.1 Å². The van der Waals surface area contributed by atoms with Gasteiger partial charge in [-0.1, -0.05) is 6.07 Å². The van der Waals surface area contributed by atoms with E-state index in [9.17, 15) is 8.42 Å². The second kappa shape index (κ2) is 4.06. The third kappa shape index (κ3) is 2.67. The summed E-state index contributed by atoms with van der Waals surface area (Å²) in [5.74, 6) is 0.234. The van der Waals surface area contributed by atoms with Crippen molar-refractivity contribution in [2.75, 3.05) is 17.6 Å². The van der Waals surface area contributed by atoms with Gasteiger partial charge in [0.1, 0.15) is 0 Å². The van der Waals surface area contributed by atoms with E-state index in [-0.39, 0.29) is 12.3 Å². The molecule has 0 bridgehead atoms. The number of hydrogen-bond acceptors (Lipinski definition) is 5. The highest BCUT2D eigenvalue weighted by Gasteiger charge is 2.04. The summed E-state index contributed by atoms with van der Waals surface area (Å²) in [5.41, 5.74) is 0.695. The Bertz CT molecular complexity index is 558. The molecule has 0 spiro atoms. The van der Waals surface area contributed by atoms with Crippen LogP contribution in [0.5, 0.6) is 0 Å². The van der Waals surface area contributed by atoms with Gasteiger partial charge < -0.3 is 5.32 Å². The smallest absolute Gasteiger partial charge is 0.243 e. The number of aromatic nitrogens is 3. The monoisotopic (exact) mass is 241 g/mol. The van der Waals surface area contributed by atoms with Gasteiger partial charge in [-0.15, -0.1) is 5.10 Å². The molecular weight excluding hydrogens is 230 g/mol. The molecule has 0 aliphatic carbocycles. The summed E-state index contributed by atoms with van der Waals surface area (Å²) in [6, 6.07) is 5.48. The number of nitrogens with zero attached hydrogens (tertiary/aromatic N) is 3. The Labute approximate surface area is 92.3 Å². The maximum Gasteiger partial charge on any atom is 0.243 e. The number of nitrogens with one attached hydrogen (secondary N) is 1. The van der Waals surface area contributed by atoms with Crippen LogP contribution in [0.1, 0.15) is 0 Å². The average Bonchev–Trinajstić information content (AvgIpc) is 2.57. The number of sulfonamides is 1. The molecule has 16 heavy (non-hydrogen) atoms. The molecule has 8 heteroatoms. The number of pyridine rings is 1. The quantitative estimate of drug-likeness (QED) is 0.746. The fourth-order valence-corrected chi connectivity index (χ4v) is 1.60. The molecule has 0 saturated heterocycles. The first-order chi connectivity index (χ1) is 7.54. The first kappa shape index (κ1) is 10.8. The summed E-state index contributed by atoms with van der Waals surface area (Å²) in [7, 11) is -3.45. The zero-order valence-electron chi connectivity index (χ0n) is 8.37. The average molecular weight is 241 g/mol. The van der Waals surface area contributed by atoms with E-state index in [1.165, 1.54) is 0 Å². The molecule has 2 heterocycles. The zero-order chi connectivity index (χ0) is 11.6. The summed E-state index contributed by atoms with van der Waals surface area (Å²) in [4.78, 5) is 4.14. The Kier molecular flexibility index (Phi) is 2.75. The molecule has 2 rings (SSSR count). The van der Waals surface area contributed by atoms with E-state index >= 15 is 0 Å². The summed E-state index contributed by atoms with van der Waals surface area (Å²) >= 11 is 0. The molecule has 0 amide bonds. The standard InChI is InChI=1S/C8H11N5O2S/c9-16(14,15)6-4-10-8-11-7-3-1-2-5-13(7)12-8/h1-3,5H,4,6H2,(H,10,12)(H2,9,14,15). The predicted octanol–water partition coefficient (Wildman–Crippen LogP) is -0.570. The second-order valence-electron chi connectivity index (χ2n) is 3.23. The second-order valence-corrected chi connectivity index (χ2v) is 4.97. The van der Waals surface area contributed by atoms with Crippen molar-refractivity contribution in [2.24, 2.45) is 5.14 Å². The molecule has 7 nitrogen and oxygen atoms in total. The SMILES string of the molecule is NS(=O)(=O)CCNc1nc2ccccn2n1. The van der Waals surface area contributed by atoms with Gasteiger partial charge in [-0.2, -0.15) is 4.98 Å². The van der Waals surface area contributed by atoms with Crippen LogP contribution in [-0.4, -0.2) is 35.3 Å². The van der Waals surface area contributed by atoms with Gasteiger partial charge >= 0.3 is 0 Å². The molecule has 2 aromatic rings. The highest BCUT2D eigenvalue weighted by molar-refractivity contribution is 7.89. The van der Waals surface area contributed by atoms with Crippen LogP contribution >= 0.6 is 0 Å². The van der Waals surface area contributed by atoms with Crippen molar-refractivity contribution < 1.29 is 8.42 Å². The van der Waals surface area contributed by atoms with Gasteiger partial charge in [-0.05, 0) is 12.1 Å². The normalized spacial score (nSPS) is 11.8. The summed E-state index contributed by atoms with van der Waals surface area (Å²) in [5, 5.41) is 11.7. The number of nitrogens with two attached hydrogens (primary N) is 1. The van der Waals surface area contributed by atoms with Crippen LogP contribution in [0.25, 0.3) is 5.65 Å². The fraction of sp³-hybridized carbons (Fsp3) is 0.250. The van der Waals surface area contributed by atoms with Crippen LogP contribution in [0.3, 0.4) is 0 Å². The predicted molar refractivity (Wildman–Crippen MR) is 59.5 cm³/mol. The molecule has 86 valence electrons. The largest absolute Gasteiger partial charge is 0.352 e. The van der Waals surface area contributed by atoms with Gasteiger partial charge in [0.25, 0.3) is 0 Å². The molecule has 0 unspecified atom stereocenters. The minimum Gasteiger partial charge on any atom is -0.352 e. The number of anilines is 1. The molecule has 0 atom stereocenters.